The van der Waals surface area contributed by atoms with Gasteiger partial charge in [-0.25, -0.2) is 4.79 Å². The van der Waals surface area contributed by atoms with Crippen molar-refractivity contribution in [3.05, 3.63) is 51.7 Å². The molecule has 2 heterocycles. The first-order chi connectivity index (χ1) is 9.58. The lowest BCUT2D eigenvalue weighted by molar-refractivity contribution is 0.0702. The van der Waals surface area contributed by atoms with E-state index in [1.54, 1.807) is 11.0 Å². The van der Waals surface area contributed by atoms with Crippen molar-refractivity contribution in [2.45, 2.75) is 12.8 Å². The van der Waals surface area contributed by atoms with Crippen LogP contribution in [0.3, 0.4) is 0 Å². The molecule has 102 valence electrons. The van der Waals surface area contributed by atoms with E-state index in [9.17, 15) is 9.59 Å². The molecule has 20 heavy (non-hydrogen) atoms. The summed E-state index contributed by atoms with van der Waals surface area (Å²) in [4.78, 5) is 25.8. The highest BCUT2D eigenvalue weighted by Gasteiger charge is 2.30. The number of carboxylic acids is 1. The van der Waals surface area contributed by atoms with E-state index in [1.807, 2.05) is 24.3 Å². The summed E-state index contributed by atoms with van der Waals surface area (Å²) >= 11 is 1.02. The van der Waals surface area contributed by atoms with Gasteiger partial charge in [-0.05, 0) is 23.8 Å². The van der Waals surface area contributed by atoms with E-state index in [4.69, 9.17) is 5.11 Å². The van der Waals surface area contributed by atoms with Crippen LogP contribution in [-0.2, 0) is 0 Å². The molecular weight excluding hydrogens is 274 g/mol. The molecule has 1 aromatic heterocycles. The molecule has 1 amide bonds. The lowest BCUT2D eigenvalue weighted by Crippen LogP contribution is -2.28. The van der Waals surface area contributed by atoms with Gasteiger partial charge in [0.05, 0.1) is 4.88 Å². The minimum Gasteiger partial charge on any atom is -0.477 e. The molecular formula is C15H13NO3S. The van der Waals surface area contributed by atoms with E-state index in [1.165, 1.54) is 6.07 Å². The Morgan fingerprint density at radius 1 is 1.20 bits per heavy atom. The van der Waals surface area contributed by atoms with Crippen LogP contribution in [0.1, 0.15) is 37.7 Å². The average molecular weight is 287 g/mol. The Balaban J connectivity index is 1.94. The molecule has 0 bridgehead atoms. The number of amides is 1. The first-order valence-corrected chi connectivity index (χ1v) is 7.13. The van der Waals surface area contributed by atoms with Crippen molar-refractivity contribution < 1.29 is 14.7 Å². The van der Waals surface area contributed by atoms with Gasteiger partial charge in [0.1, 0.15) is 4.88 Å². The van der Waals surface area contributed by atoms with Gasteiger partial charge in [0.25, 0.3) is 5.91 Å². The quantitative estimate of drug-likeness (QED) is 0.922. The maximum Gasteiger partial charge on any atom is 0.345 e. The number of fused-ring (bicyclic) bond motifs is 1. The molecule has 0 fully saturated rings. The molecule has 1 aromatic carbocycles. The first kappa shape index (κ1) is 12.9. The molecule has 1 aliphatic rings. The van der Waals surface area contributed by atoms with Crippen LogP contribution in [0.5, 0.6) is 0 Å². The highest BCUT2D eigenvalue weighted by Crippen LogP contribution is 2.37. The molecule has 0 saturated heterocycles. The van der Waals surface area contributed by atoms with Gasteiger partial charge in [0.15, 0.2) is 0 Å². The van der Waals surface area contributed by atoms with Crippen molar-refractivity contribution >= 4 is 28.9 Å². The molecule has 0 radical (unpaired) electrons. The number of hydrogen-bond donors (Lipinski definition) is 1. The molecule has 4 nitrogen and oxygen atoms in total. The smallest absolute Gasteiger partial charge is 0.345 e. The van der Waals surface area contributed by atoms with Crippen molar-refractivity contribution in [3.63, 3.8) is 0 Å². The molecule has 1 N–H and O–H groups in total. The second-order valence-electron chi connectivity index (χ2n) is 4.84. The molecule has 3 rings (SSSR count). The topological polar surface area (TPSA) is 57.6 Å². The van der Waals surface area contributed by atoms with Crippen LogP contribution in [-0.4, -0.2) is 23.5 Å². The Hall–Kier alpha value is -2.14. The highest BCUT2D eigenvalue weighted by atomic mass is 32.1. The molecule has 1 aliphatic heterocycles. The van der Waals surface area contributed by atoms with Crippen LogP contribution in [0, 0.1) is 0 Å². The fourth-order valence-corrected chi connectivity index (χ4v) is 3.31. The maximum absolute atomic E-state index is 12.5. The van der Waals surface area contributed by atoms with Crippen LogP contribution in [0.25, 0.3) is 0 Å². The minimum atomic E-state index is -0.996. The molecule has 1 atom stereocenters. The standard InChI is InChI=1S/C15H13NO3S/c1-9-8-16(11-5-3-2-4-10(9)11)14(17)12-6-7-13(20-12)15(18)19/h2-7,9H,8H2,1H3,(H,18,19). The van der Waals surface area contributed by atoms with Crippen LogP contribution in [0.4, 0.5) is 5.69 Å². The van der Waals surface area contributed by atoms with Crippen LogP contribution in [0.2, 0.25) is 0 Å². The fourth-order valence-electron chi connectivity index (χ4n) is 2.51. The van der Waals surface area contributed by atoms with Gasteiger partial charge >= 0.3 is 5.97 Å². The van der Waals surface area contributed by atoms with Crippen molar-refractivity contribution in [1.82, 2.24) is 0 Å². The van der Waals surface area contributed by atoms with E-state index in [0.717, 1.165) is 22.6 Å². The average Bonchev–Trinajstić information content (AvgIpc) is 3.04. The second-order valence-corrected chi connectivity index (χ2v) is 5.93. The number of carboxylic acid groups (broad SMARTS) is 1. The maximum atomic E-state index is 12.5. The van der Waals surface area contributed by atoms with Crippen molar-refractivity contribution in [2.24, 2.45) is 0 Å². The predicted octanol–water partition coefficient (Wildman–Crippen LogP) is 3.21. The predicted molar refractivity (Wildman–Crippen MR) is 77.8 cm³/mol. The van der Waals surface area contributed by atoms with Gasteiger partial charge < -0.3 is 10.0 Å². The van der Waals surface area contributed by atoms with Gasteiger partial charge in [0, 0.05) is 18.2 Å². The number of carbonyl (C=O) groups is 2. The zero-order valence-corrected chi connectivity index (χ0v) is 11.7. The summed E-state index contributed by atoms with van der Waals surface area (Å²) in [6, 6.07) is 10.9. The zero-order chi connectivity index (χ0) is 14.3. The largest absolute Gasteiger partial charge is 0.477 e. The van der Waals surface area contributed by atoms with Gasteiger partial charge in [-0.15, -0.1) is 11.3 Å². The summed E-state index contributed by atoms with van der Waals surface area (Å²) in [5.41, 5.74) is 2.09. The van der Waals surface area contributed by atoms with E-state index >= 15 is 0 Å². The van der Waals surface area contributed by atoms with Gasteiger partial charge in [-0.3, -0.25) is 4.79 Å². The van der Waals surface area contributed by atoms with Crippen molar-refractivity contribution in [2.75, 3.05) is 11.4 Å². The third kappa shape index (κ3) is 2.00. The van der Waals surface area contributed by atoms with E-state index in [2.05, 4.69) is 6.92 Å². The Labute approximate surface area is 120 Å². The van der Waals surface area contributed by atoms with Crippen molar-refractivity contribution in [1.29, 1.82) is 0 Å². The van der Waals surface area contributed by atoms with Crippen LogP contribution in [0.15, 0.2) is 36.4 Å². The zero-order valence-electron chi connectivity index (χ0n) is 10.9. The molecule has 5 heteroatoms. The SMILES string of the molecule is CC1CN(C(=O)c2ccc(C(=O)O)s2)c2ccccc21. The number of carbonyl (C=O) groups excluding carboxylic acids is 1. The van der Waals surface area contributed by atoms with E-state index in [-0.39, 0.29) is 10.8 Å². The van der Waals surface area contributed by atoms with Gasteiger partial charge in [-0.2, -0.15) is 0 Å². The molecule has 2 aromatic rings. The number of aromatic carboxylic acids is 1. The minimum absolute atomic E-state index is 0.126. The Morgan fingerprint density at radius 3 is 2.60 bits per heavy atom. The number of nitrogens with zero attached hydrogens (tertiary/aromatic N) is 1. The summed E-state index contributed by atoms with van der Waals surface area (Å²) in [5.74, 6) is -0.822. The lowest BCUT2D eigenvalue weighted by Gasteiger charge is -2.16. The van der Waals surface area contributed by atoms with Crippen LogP contribution >= 0.6 is 11.3 Å². The Morgan fingerprint density at radius 2 is 1.90 bits per heavy atom. The lowest BCUT2D eigenvalue weighted by atomic mass is 10.0. The van der Waals surface area contributed by atoms with Gasteiger partial charge in [-0.1, -0.05) is 25.1 Å². The fraction of sp³-hybridized carbons (Fsp3) is 0.200. The molecule has 0 saturated carbocycles. The first-order valence-electron chi connectivity index (χ1n) is 6.32. The summed E-state index contributed by atoms with van der Waals surface area (Å²) in [6.45, 7) is 2.72. The summed E-state index contributed by atoms with van der Waals surface area (Å²) in [7, 11) is 0. The van der Waals surface area contributed by atoms with Crippen molar-refractivity contribution in [3.8, 4) is 0 Å². The third-order valence-electron chi connectivity index (χ3n) is 3.49. The molecule has 0 spiro atoms. The summed E-state index contributed by atoms with van der Waals surface area (Å²) in [6.07, 6.45) is 0. The second kappa shape index (κ2) is 4.76. The molecule has 0 aliphatic carbocycles. The normalized spacial score (nSPS) is 17.1. The van der Waals surface area contributed by atoms with Gasteiger partial charge in [0.2, 0.25) is 0 Å². The highest BCUT2D eigenvalue weighted by molar-refractivity contribution is 7.16. The number of thiophene rings is 1. The number of anilines is 1. The summed E-state index contributed by atoms with van der Waals surface area (Å²) in [5, 5.41) is 8.93. The van der Waals surface area contributed by atoms with E-state index < -0.39 is 5.97 Å². The number of hydrogen-bond acceptors (Lipinski definition) is 3. The third-order valence-corrected chi connectivity index (χ3v) is 4.55. The van der Waals surface area contributed by atoms with Crippen LogP contribution < -0.4 is 4.90 Å². The number of rotatable bonds is 2. The molecule has 1 unspecified atom stereocenters. The Bertz CT molecular complexity index is 692. The summed E-state index contributed by atoms with van der Waals surface area (Å²) < 4.78 is 0. The van der Waals surface area contributed by atoms with E-state index in [0.29, 0.717) is 17.3 Å². The monoisotopic (exact) mass is 287 g/mol. The number of benzene rings is 1. The number of para-hydroxylation sites is 1. The Kier molecular flexibility index (Phi) is 3.06.